The van der Waals surface area contributed by atoms with Gasteiger partial charge < -0.3 is 14.7 Å². The summed E-state index contributed by atoms with van der Waals surface area (Å²) in [7, 11) is 2.15. The highest BCUT2D eigenvalue weighted by atomic mass is 35.5. The number of ether oxygens (including phenoxy) is 1. The highest BCUT2D eigenvalue weighted by Gasteiger charge is 2.45. The van der Waals surface area contributed by atoms with Crippen LogP contribution in [0.1, 0.15) is 69.8 Å². The molecule has 1 aromatic carbocycles. The molecular formula is C30H33ClN4O4S2. The second kappa shape index (κ2) is 11.9. The molecule has 0 saturated heterocycles. The van der Waals surface area contributed by atoms with Crippen molar-refractivity contribution in [3.8, 4) is 0 Å². The van der Waals surface area contributed by atoms with Crippen LogP contribution in [0.25, 0.3) is 11.0 Å². The fraction of sp³-hybridized carbons (Fsp3) is 0.467. The van der Waals surface area contributed by atoms with Gasteiger partial charge in [0.1, 0.15) is 17.9 Å². The molecule has 1 N–H and O–H groups in total. The van der Waals surface area contributed by atoms with E-state index in [-0.39, 0.29) is 6.10 Å². The lowest BCUT2D eigenvalue weighted by atomic mass is 9.91. The zero-order valence-electron chi connectivity index (χ0n) is 22.9. The number of benzene rings is 1. The number of hydrogen-bond donors (Lipinski definition) is 1. The number of halogens is 1. The predicted molar refractivity (Wildman–Crippen MR) is 161 cm³/mol. The maximum Gasteiger partial charge on any atom is 0.349 e. The lowest BCUT2D eigenvalue weighted by Crippen LogP contribution is -2.42. The highest BCUT2D eigenvalue weighted by Crippen LogP contribution is 2.40. The van der Waals surface area contributed by atoms with Gasteiger partial charge in [0, 0.05) is 18.2 Å². The summed E-state index contributed by atoms with van der Waals surface area (Å²) in [6, 6.07) is 9.24. The summed E-state index contributed by atoms with van der Waals surface area (Å²) in [5.74, 6) is -0.637. The number of aromatic nitrogens is 3. The topological polar surface area (TPSA) is 97.5 Å². The molecule has 0 radical (unpaired) electrons. The summed E-state index contributed by atoms with van der Waals surface area (Å²) < 4.78 is 8.44. The molecular weight excluding hydrogens is 580 g/mol. The third-order valence-corrected chi connectivity index (χ3v) is 10.9. The van der Waals surface area contributed by atoms with Gasteiger partial charge in [0.15, 0.2) is 0 Å². The molecule has 3 heterocycles. The second-order valence-corrected chi connectivity index (χ2v) is 13.7. The molecule has 0 unspecified atom stereocenters. The van der Waals surface area contributed by atoms with E-state index in [4.69, 9.17) is 16.3 Å². The minimum Gasteiger partial charge on any atom is -0.460 e. The Morgan fingerprint density at radius 1 is 1.22 bits per heavy atom. The first-order valence-electron chi connectivity index (χ1n) is 14.1. The SMILES string of the molecule is CN(CCCn1nnc2cc(C=O)c3c(c21)CCC3)[C@H]1CC[C@H](OC(=O)[C@@](O)(c2cccs2)c2ccc(Cl)s2)CC1. The number of nitrogens with zero attached hydrogens (tertiary/aromatic N) is 4. The van der Waals surface area contributed by atoms with Gasteiger partial charge in [0.25, 0.3) is 0 Å². The molecule has 6 rings (SSSR count). The molecule has 1 fully saturated rings. The Balaban J connectivity index is 1.03. The molecule has 216 valence electrons. The maximum atomic E-state index is 13.4. The molecule has 41 heavy (non-hydrogen) atoms. The number of carbonyl (C=O) groups excluding carboxylic acids is 2. The van der Waals surface area contributed by atoms with Crippen molar-refractivity contribution < 1.29 is 19.4 Å². The Kier molecular flexibility index (Phi) is 8.29. The van der Waals surface area contributed by atoms with Crippen LogP contribution in [0.3, 0.4) is 0 Å². The van der Waals surface area contributed by atoms with Crippen molar-refractivity contribution in [3.63, 3.8) is 0 Å². The summed E-state index contributed by atoms with van der Waals surface area (Å²) in [6.07, 6.45) is 7.99. The van der Waals surface area contributed by atoms with E-state index in [1.54, 1.807) is 18.2 Å². The minimum absolute atomic E-state index is 0.228. The van der Waals surface area contributed by atoms with Crippen LogP contribution in [0.5, 0.6) is 0 Å². The number of fused-ring (bicyclic) bond motifs is 3. The number of thiophene rings is 2. The average molecular weight is 613 g/mol. The number of aryl methyl sites for hydroxylation is 2. The fourth-order valence-corrected chi connectivity index (χ4v) is 8.39. The third-order valence-electron chi connectivity index (χ3n) is 8.56. The van der Waals surface area contributed by atoms with Gasteiger partial charge in [-0.25, -0.2) is 9.48 Å². The van der Waals surface area contributed by atoms with Crippen molar-refractivity contribution in [2.24, 2.45) is 0 Å². The van der Waals surface area contributed by atoms with Crippen LogP contribution < -0.4 is 0 Å². The van der Waals surface area contributed by atoms with E-state index in [0.29, 0.717) is 20.1 Å². The standard InChI is InChI=1S/C30H33ClN4O4S2/c1-34(14-4-15-35-28-23-6-2-5-22(23)19(18-36)17-24(28)32-33-35)20-8-10-21(11-9-20)39-29(37)30(38,25-7-3-16-40-25)26-12-13-27(31)41-26/h3,7,12-13,16-18,20-21,38H,2,4-6,8-11,14-15H2,1H3/t20-,21-,30-/m1/s1. The van der Waals surface area contributed by atoms with E-state index in [9.17, 15) is 14.7 Å². The smallest absolute Gasteiger partial charge is 0.349 e. The van der Waals surface area contributed by atoms with Crippen LogP contribution in [-0.4, -0.2) is 63.0 Å². The normalized spacial score (nSPS) is 20.3. The number of aldehydes is 1. The lowest BCUT2D eigenvalue weighted by Gasteiger charge is -2.35. The van der Waals surface area contributed by atoms with Gasteiger partial charge in [-0.3, -0.25) is 4.79 Å². The molecule has 0 spiro atoms. The van der Waals surface area contributed by atoms with Crippen LogP contribution in [0.2, 0.25) is 4.34 Å². The van der Waals surface area contributed by atoms with E-state index in [1.807, 2.05) is 22.2 Å². The van der Waals surface area contributed by atoms with Gasteiger partial charge in [-0.1, -0.05) is 22.9 Å². The Hall–Kier alpha value is -2.63. The van der Waals surface area contributed by atoms with E-state index in [2.05, 4.69) is 22.3 Å². The Morgan fingerprint density at radius 2 is 2.02 bits per heavy atom. The summed E-state index contributed by atoms with van der Waals surface area (Å²) in [6.45, 7) is 1.69. The Labute approximate surface area is 251 Å². The van der Waals surface area contributed by atoms with Crippen LogP contribution in [0.4, 0.5) is 0 Å². The minimum atomic E-state index is -1.85. The van der Waals surface area contributed by atoms with E-state index >= 15 is 0 Å². The summed E-state index contributed by atoms with van der Waals surface area (Å²) in [4.78, 5) is 28.3. The third kappa shape index (κ3) is 5.48. The van der Waals surface area contributed by atoms with E-state index < -0.39 is 11.6 Å². The molecule has 1 saturated carbocycles. The van der Waals surface area contributed by atoms with Crippen molar-refractivity contribution >= 4 is 57.6 Å². The lowest BCUT2D eigenvalue weighted by molar-refractivity contribution is -0.169. The highest BCUT2D eigenvalue weighted by molar-refractivity contribution is 7.16. The summed E-state index contributed by atoms with van der Waals surface area (Å²) >= 11 is 8.65. The van der Waals surface area contributed by atoms with Gasteiger partial charge in [-0.15, -0.1) is 27.8 Å². The second-order valence-electron chi connectivity index (χ2n) is 11.0. The number of carbonyl (C=O) groups is 2. The van der Waals surface area contributed by atoms with Crippen LogP contribution in [0.15, 0.2) is 35.7 Å². The van der Waals surface area contributed by atoms with Gasteiger partial charge in [-0.2, -0.15) is 0 Å². The van der Waals surface area contributed by atoms with Crippen molar-refractivity contribution in [2.45, 2.75) is 75.7 Å². The van der Waals surface area contributed by atoms with Crippen molar-refractivity contribution in [1.82, 2.24) is 19.9 Å². The molecule has 2 aliphatic carbocycles. The molecule has 3 aromatic heterocycles. The largest absolute Gasteiger partial charge is 0.460 e. The quantitative estimate of drug-likeness (QED) is 0.183. The molecule has 0 bridgehead atoms. The molecule has 0 aliphatic heterocycles. The van der Waals surface area contributed by atoms with Crippen LogP contribution in [-0.2, 0) is 34.5 Å². The Morgan fingerprint density at radius 3 is 2.73 bits per heavy atom. The zero-order valence-corrected chi connectivity index (χ0v) is 25.3. The van der Waals surface area contributed by atoms with Gasteiger partial charge in [0.2, 0.25) is 5.60 Å². The van der Waals surface area contributed by atoms with Crippen molar-refractivity contribution in [2.75, 3.05) is 13.6 Å². The van der Waals surface area contributed by atoms with Gasteiger partial charge in [0.05, 0.1) is 19.6 Å². The van der Waals surface area contributed by atoms with Gasteiger partial charge >= 0.3 is 5.97 Å². The summed E-state index contributed by atoms with van der Waals surface area (Å²) in [5, 5.41) is 22.2. The van der Waals surface area contributed by atoms with Gasteiger partial charge in [-0.05, 0) is 106 Å². The first-order valence-corrected chi connectivity index (χ1v) is 16.2. The first-order chi connectivity index (χ1) is 19.9. The van der Waals surface area contributed by atoms with Crippen molar-refractivity contribution in [3.05, 3.63) is 66.5 Å². The monoisotopic (exact) mass is 612 g/mol. The molecule has 2 aliphatic rings. The number of esters is 1. The summed E-state index contributed by atoms with van der Waals surface area (Å²) in [5.41, 5.74) is 3.20. The average Bonchev–Trinajstić information content (AvgIpc) is 3.79. The van der Waals surface area contributed by atoms with E-state index in [1.165, 1.54) is 33.8 Å². The zero-order chi connectivity index (χ0) is 28.6. The van der Waals surface area contributed by atoms with E-state index in [0.717, 1.165) is 87.3 Å². The van der Waals surface area contributed by atoms with Crippen molar-refractivity contribution in [1.29, 1.82) is 0 Å². The van der Waals surface area contributed by atoms with Crippen LogP contribution >= 0.6 is 34.3 Å². The van der Waals surface area contributed by atoms with Crippen LogP contribution in [0, 0.1) is 0 Å². The Bertz CT molecular complexity index is 1540. The molecule has 4 aromatic rings. The molecule has 8 nitrogen and oxygen atoms in total. The fourth-order valence-electron chi connectivity index (χ4n) is 6.36. The number of rotatable bonds is 10. The first kappa shape index (κ1) is 28.5. The maximum absolute atomic E-state index is 13.4. The number of hydrogen-bond acceptors (Lipinski definition) is 9. The molecule has 1 atom stereocenters. The molecule has 11 heteroatoms. The molecule has 0 amide bonds. The predicted octanol–water partition coefficient (Wildman–Crippen LogP) is 5.62. The number of aliphatic hydroxyl groups is 1.